The van der Waals surface area contributed by atoms with Crippen molar-refractivity contribution in [2.75, 3.05) is 7.11 Å². The van der Waals surface area contributed by atoms with E-state index < -0.39 is 6.98 Å². The van der Waals surface area contributed by atoms with E-state index in [4.69, 9.17) is 4.74 Å². The molecule has 0 aliphatic carbocycles. The van der Waals surface area contributed by atoms with Gasteiger partial charge in [0, 0.05) is 0 Å². The van der Waals surface area contributed by atoms with Gasteiger partial charge in [0.25, 0.3) is 0 Å². The van der Waals surface area contributed by atoms with Crippen LogP contribution in [-0.2, 0) is 0 Å². The van der Waals surface area contributed by atoms with Crippen LogP contribution in [0, 0.1) is 0 Å². The van der Waals surface area contributed by atoms with Crippen LogP contribution in [-0.4, -0.2) is 19.2 Å². The van der Waals surface area contributed by atoms with E-state index in [1.807, 2.05) is 0 Å². The summed E-state index contributed by atoms with van der Waals surface area (Å²) in [6.07, 6.45) is 0.932. The molecule has 0 radical (unpaired) electrons. The van der Waals surface area contributed by atoms with Crippen LogP contribution in [0.4, 0.5) is 12.9 Å². The third kappa shape index (κ3) is 5.40. The molecular formula is C9H9BF3KO2. The van der Waals surface area contributed by atoms with Crippen LogP contribution in [0.5, 0.6) is 11.5 Å². The minimum Gasteiger partial charge on any atom is -0.504 e. The zero-order chi connectivity index (χ0) is 11.5. The number of halogens is 3. The molecule has 0 fully saturated rings. The van der Waals surface area contributed by atoms with E-state index in [1.165, 1.54) is 25.3 Å². The first-order valence-corrected chi connectivity index (χ1v) is 4.18. The van der Waals surface area contributed by atoms with Crippen molar-refractivity contribution in [2.24, 2.45) is 0 Å². The summed E-state index contributed by atoms with van der Waals surface area (Å²) < 4.78 is 40.5. The summed E-state index contributed by atoms with van der Waals surface area (Å²) in [7, 11) is 1.33. The zero-order valence-electron chi connectivity index (χ0n) is 8.95. The number of rotatable bonds is 3. The summed E-state index contributed by atoms with van der Waals surface area (Å²) in [5.41, 5.74) is 0.323. The molecule has 0 atom stereocenters. The standard InChI is InChI=1S/C9H9BF3O2.K/c1-15-9-6-7(2-3-8(9)14)4-5-10(11,12)13;/h2-6,14H,1H3;/q-1;+1/b5-4+;. The molecule has 0 aliphatic rings. The molecule has 0 aromatic heterocycles. The van der Waals surface area contributed by atoms with Gasteiger partial charge in [-0.05, 0) is 17.7 Å². The quantitative estimate of drug-likeness (QED) is 0.759. The normalized spacial score (nSPS) is 11.2. The van der Waals surface area contributed by atoms with Crippen molar-refractivity contribution in [1.29, 1.82) is 0 Å². The average molecular weight is 256 g/mol. The molecule has 0 heterocycles. The second kappa shape index (κ2) is 6.71. The van der Waals surface area contributed by atoms with Crippen LogP contribution in [0.25, 0.3) is 6.08 Å². The third-order valence-electron chi connectivity index (χ3n) is 1.71. The number of benzene rings is 1. The van der Waals surface area contributed by atoms with E-state index in [2.05, 4.69) is 0 Å². The van der Waals surface area contributed by atoms with E-state index in [9.17, 15) is 18.1 Å². The van der Waals surface area contributed by atoms with Crippen LogP contribution in [0.15, 0.2) is 24.2 Å². The molecule has 0 saturated heterocycles. The minimum atomic E-state index is -4.94. The van der Waals surface area contributed by atoms with Crippen LogP contribution >= 0.6 is 0 Å². The summed E-state index contributed by atoms with van der Waals surface area (Å²) in [6, 6.07) is 3.98. The molecule has 2 nitrogen and oxygen atoms in total. The van der Waals surface area contributed by atoms with Gasteiger partial charge in [0.1, 0.15) is 0 Å². The molecule has 7 heteroatoms. The second-order valence-electron chi connectivity index (χ2n) is 2.92. The van der Waals surface area contributed by atoms with Crippen molar-refractivity contribution >= 4 is 13.1 Å². The summed E-state index contributed by atoms with van der Waals surface area (Å²) in [6.45, 7) is -4.94. The van der Waals surface area contributed by atoms with Gasteiger partial charge in [0.15, 0.2) is 11.5 Å². The minimum absolute atomic E-state index is 0. The number of aromatic hydroxyl groups is 1. The Kier molecular flexibility index (Phi) is 6.73. The smallest absolute Gasteiger partial charge is 0.504 e. The Morgan fingerprint density at radius 3 is 2.44 bits per heavy atom. The van der Waals surface area contributed by atoms with Crippen molar-refractivity contribution in [3.63, 3.8) is 0 Å². The SMILES string of the molecule is COc1cc(/C=C/[B-](F)(F)F)ccc1O.[K+]. The van der Waals surface area contributed by atoms with E-state index in [0.29, 0.717) is 5.56 Å². The monoisotopic (exact) mass is 256 g/mol. The van der Waals surface area contributed by atoms with Gasteiger partial charge in [0.2, 0.25) is 0 Å². The van der Waals surface area contributed by atoms with Gasteiger partial charge in [0.05, 0.1) is 7.11 Å². The molecule has 0 saturated carbocycles. The van der Waals surface area contributed by atoms with Gasteiger partial charge in [-0.15, -0.1) is 5.98 Å². The molecule has 1 aromatic rings. The topological polar surface area (TPSA) is 29.5 Å². The van der Waals surface area contributed by atoms with Crippen LogP contribution in [0.1, 0.15) is 5.56 Å². The number of ether oxygens (including phenoxy) is 1. The Hall–Kier alpha value is 0.0513. The van der Waals surface area contributed by atoms with Gasteiger partial charge in [-0.3, -0.25) is 0 Å². The van der Waals surface area contributed by atoms with Crippen LogP contribution < -0.4 is 56.1 Å². The molecule has 1 aromatic carbocycles. The van der Waals surface area contributed by atoms with E-state index >= 15 is 0 Å². The fourth-order valence-electron chi connectivity index (χ4n) is 1.02. The van der Waals surface area contributed by atoms with Gasteiger partial charge in [-0.1, -0.05) is 12.1 Å². The van der Waals surface area contributed by atoms with Crippen molar-refractivity contribution in [3.05, 3.63) is 29.7 Å². The number of phenolic OH excluding ortho intramolecular Hbond substituents is 1. The summed E-state index contributed by atoms with van der Waals surface area (Å²) in [5, 5.41) is 9.20. The van der Waals surface area contributed by atoms with Crippen molar-refractivity contribution in [2.45, 2.75) is 0 Å². The first-order valence-electron chi connectivity index (χ1n) is 4.18. The van der Waals surface area contributed by atoms with Gasteiger partial charge in [-0.2, -0.15) is 0 Å². The molecular weight excluding hydrogens is 247 g/mol. The molecule has 0 spiro atoms. The van der Waals surface area contributed by atoms with Gasteiger partial charge in [-0.25, -0.2) is 0 Å². The fraction of sp³-hybridized carbons (Fsp3) is 0.111. The second-order valence-corrected chi connectivity index (χ2v) is 2.92. The number of methoxy groups -OCH3 is 1. The number of hydrogen-bond acceptors (Lipinski definition) is 2. The Morgan fingerprint density at radius 2 is 1.94 bits per heavy atom. The molecule has 0 aliphatic heterocycles. The zero-order valence-corrected chi connectivity index (χ0v) is 12.1. The maximum absolute atomic E-state index is 11.9. The summed E-state index contributed by atoms with van der Waals surface area (Å²) in [5.74, 6) is 0.227. The number of phenols is 1. The first-order chi connectivity index (χ1) is 6.92. The maximum atomic E-state index is 11.9. The molecule has 0 amide bonds. The van der Waals surface area contributed by atoms with Crippen LogP contribution in [0.3, 0.4) is 0 Å². The van der Waals surface area contributed by atoms with E-state index in [-0.39, 0.29) is 68.9 Å². The molecule has 0 bridgehead atoms. The maximum Gasteiger partial charge on any atom is 1.00 e. The molecule has 16 heavy (non-hydrogen) atoms. The van der Waals surface area contributed by atoms with Crippen molar-refractivity contribution < 1.29 is 74.2 Å². The van der Waals surface area contributed by atoms with Crippen molar-refractivity contribution in [3.8, 4) is 11.5 Å². The molecule has 1 rings (SSSR count). The Labute approximate surface area is 134 Å². The average Bonchev–Trinajstić information content (AvgIpc) is 2.15. The molecule has 1 N–H and O–H groups in total. The number of hydrogen-bond donors (Lipinski definition) is 1. The fourth-order valence-corrected chi connectivity index (χ4v) is 1.02. The third-order valence-corrected chi connectivity index (χ3v) is 1.71. The first kappa shape index (κ1) is 16.1. The van der Waals surface area contributed by atoms with Crippen molar-refractivity contribution in [1.82, 2.24) is 0 Å². The van der Waals surface area contributed by atoms with Gasteiger partial charge < -0.3 is 22.8 Å². The summed E-state index contributed by atoms with van der Waals surface area (Å²) in [4.78, 5) is 0. The van der Waals surface area contributed by atoms with E-state index in [1.54, 1.807) is 0 Å². The Bertz CT molecular complexity index is 380. The predicted molar refractivity (Wildman–Crippen MR) is 52.8 cm³/mol. The predicted octanol–water partition coefficient (Wildman–Crippen LogP) is -0.195. The summed E-state index contributed by atoms with van der Waals surface area (Å²) >= 11 is 0. The largest absolute Gasteiger partial charge is 1.00 e. The van der Waals surface area contributed by atoms with Crippen LogP contribution in [0.2, 0.25) is 0 Å². The Morgan fingerprint density at radius 1 is 1.31 bits per heavy atom. The van der Waals surface area contributed by atoms with Gasteiger partial charge >= 0.3 is 58.4 Å². The van der Waals surface area contributed by atoms with E-state index in [0.717, 1.165) is 6.08 Å². The molecule has 82 valence electrons. The molecule has 0 unspecified atom stereocenters. The Balaban J connectivity index is 0.00000225.